The van der Waals surface area contributed by atoms with E-state index in [1.165, 1.54) is 4.90 Å². The van der Waals surface area contributed by atoms with E-state index in [1.54, 1.807) is 11.8 Å². The zero-order valence-corrected chi connectivity index (χ0v) is 16.5. The molecule has 0 radical (unpaired) electrons. The molecule has 2 aliphatic carbocycles. The van der Waals surface area contributed by atoms with Gasteiger partial charge in [-0.05, 0) is 25.2 Å². The molecule has 0 aromatic carbocycles. The summed E-state index contributed by atoms with van der Waals surface area (Å²) in [5.74, 6) is -0.640. The highest BCUT2D eigenvalue weighted by Crippen LogP contribution is 2.60. The first-order chi connectivity index (χ1) is 11.4. The maximum atomic E-state index is 12.9. The van der Waals surface area contributed by atoms with E-state index < -0.39 is 6.04 Å². The van der Waals surface area contributed by atoms with Gasteiger partial charge in [-0.15, -0.1) is 0 Å². The Bertz CT molecular complexity index is 563. The SMILES string of the molecule is C[C@H](C(=O)N1CCOCC1)N1C(=O)[C@@H]2[C@@H]3C[C@H]([C@H](Br)[C@@H]3Br)[C@@H]2C1=O. The molecule has 132 valence electrons. The first-order valence-electron chi connectivity index (χ1n) is 8.45. The molecule has 7 atom stereocenters. The van der Waals surface area contributed by atoms with Crippen molar-refractivity contribution in [3.05, 3.63) is 0 Å². The Morgan fingerprint density at radius 3 is 2.08 bits per heavy atom. The quantitative estimate of drug-likeness (QED) is 0.452. The number of fused-ring (bicyclic) bond motifs is 5. The van der Waals surface area contributed by atoms with Crippen LogP contribution in [0.4, 0.5) is 0 Å². The number of amides is 3. The number of morpholine rings is 1. The molecule has 4 fully saturated rings. The second kappa shape index (κ2) is 6.06. The molecule has 24 heavy (non-hydrogen) atoms. The van der Waals surface area contributed by atoms with Gasteiger partial charge in [-0.3, -0.25) is 19.3 Å². The van der Waals surface area contributed by atoms with E-state index in [4.69, 9.17) is 4.74 Å². The van der Waals surface area contributed by atoms with E-state index in [2.05, 4.69) is 31.9 Å². The van der Waals surface area contributed by atoms with Gasteiger partial charge in [0, 0.05) is 22.7 Å². The predicted octanol–water partition coefficient (Wildman–Crippen LogP) is 1.01. The average molecular weight is 464 g/mol. The van der Waals surface area contributed by atoms with Crippen molar-refractivity contribution in [2.45, 2.75) is 29.0 Å². The van der Waals surface area contributed by atoms with Crippen LogP contribution in [-0.2, 0) is 19.1 Å². The summed E-state index contributed by atoms with van der Waals surface area (Å²) in [6, 6.07) is -0.726. The molecule has 0 aromatic heterocycles. The highest BCUT2D eigenvalue weighted by Gasteiger charge is 2.67. The topological polar surface area (TPSA) is 66.9 Å². The molecule has 0 unspecified atom stereocenters. The van der Waals surface area contributed by atoms with Gasteiger partial charge in [0.25, 0.3) is 0 Å². The van der Waals surface area contributed by atoms with Gasteiger partial charge in [0.05, 0.1) is 25.0 Å². The van der Waals surface area contributed by atoms with Crippen LogP contribution in [0.5, 0.6) is 0 Å². The molecule has 2 aliphatic heterocycles. The van der Waals surface area contributed by atoms with Crippen LogP contribution in [0.15, 0.2) is 0 Å². The number of halogens is 2. The Hall–Kier alpha value is -0.470. The second-order valence-corrected chi connectivity index (χ2v) is 9.28. The van der Waals surface area contributed by atoms with Gasteiger partial charge in [0.2, 0.25) is 17.7 Å². The molecule has 0 N–H and O–H groups in total. The molecule has 0 spiro atoms. The maximum Gasteiger partial charge on any atom is 0.245 e. The van der Waals surface area contributed by atoms with Gasteiger partial charge in [-0.2, -0.15) is 0 Å². The zero-order valence-electron chi connectivity index (χ0n) is 13.4. The van der Waals surface area contributed by atoms with E-state index in [0.29, 0.717) is 26.3 Å². The van der Waals surface area contributed by atoms with Gasteiger partial charge in [-0.25, -0.2) is 0 Å². The Morgan fingerprint density at radius 2 is 1.58 bits per heavy atom. The lowest BCUT2D eigenvalue weighted by Gasteiger charge is -2.32. The molecule has 2 saturated carbocycles. The maximum absolute atomic E-state index is 12.9. The molecule has 8 heteroatoms. The van der Waals surface area contributed by atoms with E-state index in [0.717, 1.165) is 6.42 Å². The minimum atomic E-state index is -0.726. The van der Waals surface area contributed by atoms with Crippen molar-refractivity contribution in [2.24, 2.45) is 23.7 Å². The fourth-order valence-corrected chi connectivity index (χ4v) is 6.79. The van der Waals surface area contributed by atoms with Crippen LogP contribution in [0.3, 0.4) is 0 Å². The van der Waals surface area contributed by atoms with Crippen LogP contribution in [0.25, 0.3) is 0 Å². The largest absolute Gasteiger partial charge is 0.378 e. The summed E-state index contributed by atoms with van der Waals surface area (Å²) in [4.78, 5) is 42.0. The van der Waals surface area contributed by atoms with Crippen LogP contribution in [0, 0.1) is 23.7 Å². The number of carbonyl (C=O) groups excluding carboxylic acids is 3. The molecule has 0 aromatic rings. The van der Waals surface area contributed by atoms with Crippen LogP contribution in [0.1, 0.15) is 13.3 Å². The number of hydrogen-bond acceptors (Lipinski definition) is 4. The molecule has 3 amide bonds. The number of rotatable bonds is 2. The van der Waals surface area contributed by atoms with Crippen molar-refractivity contribution in [3.63, 3.8) is 0 Å². The summed E-state index contributed by atoms with van der Waals surface area (Å²) < 4.78 is 5.27. The summed E-state index contributed by atoms with van der Waals surface area (Å²) in [5.41, 5.74) is 0. The smallest absolute Gasteiger partial charge is 0.245 e. The van der Waals surface area contributed by atoms with E-state index in [9.17, 15) is 14.4 Å². The second-order valence-electron chi connectivity index (χ2n) is 7.16. The minimum absolute atomic E-state index is 0.155. The standard InChI is InChI=1S/C16H20Br2N2O4/c1-7(14(21)19-2-4-24-5-3-19)20-15(22)10-8-6-9(11(10)16(20)23)13(18)12(8)17/h7-13H,2-6H2,1H3/t7-,8+,9+,10-,11+,12-,13+/m1/s1. The zero-order chi connectivity index (χ0) is 17.2. The predicted molar refractivity (Wildman–Crippen MR) is 92.7 cm³/mol. The Labute approximate surface area is 157 Å². The number of carbonyl (C=O) groups is 3. The Kier molecular flexibility index (Phi) is 4.28. The van der Waals surface area contributed by atoms with E-state index >= 15 is 0 Å². The number of nitrogens with zero attached hydrogens (tertiary/aromatic N) is 2. The van der Waals surface area contributed by atoms with Crippen molar-refractivity contribution < 1.29 is 19.1 Å². The molecule has 4 rings (SSSR count). The van der Waals surface area contributed by atoms with Crippen molar-refractivity contribution in [3.8, 4) is 0 Å². The summed E-state index contributed by atoms with van der Waals surface area (Å²) in [5, 5.41) is 0. The Balaban J connectivity index is 1.56. The molecule has 4 aliphatic rings. The fraction of sp³-hybridized carbons (Fsp3) is 0.812. The first kappa shape index (κ1) is 17.0. The number of hydrogen-bond donors (Lipinski definition) is 0. The molecular weight excluding hydrogens is 444 g/mol. The Morgan fingerprint density at radius 1 is 1.08 bits per heavy atom. The lowest BCUT2D eigenvalue weighted by molar-refractivity contribution is -0.153. The fourth-order valence-electron chi connectivity index (χ4n) is 4.91. The summed E-state index contributed by atoms with van der Waals surface area (Å²) in [7, 11) is 0. The summed E-state index contributed by atoms with van der Waals surface area (Å²) in [6.45, 7) is 3.72. The van der Waals surface area contributed by atoms with Crippen LogP contribution >= 0.6 is 31.9 Å². The third-order valence-corrected chi connectivity index (χ3v) is 9.30. The normalized spacial score (nSPS) is 42.6. The number of ether oxygens (including phenoxy) is 1. The highest BCUT2D eigenvalue weighted by molar-refractivity contribution is 9.12. The monoisotopic (exact) mass is 462 g/mol. The van der Waals surface area contributed by atoms with Gasteiger partial charge in [0.1, 0.15) is 6.04 Å². The first-order valence-corrected chi connectivity index (χ1v) is 10.3. The van der Waals surface area contributed by atoms with Crippen LogP contribution in [-0.4, -0.2) is 69.5 Å². The van der Waals surface area contributed by atoms with Crippen molar-refractivity contribution in [1.82, 2.24) is 9.80 Å². The third-order valence-electron chi connectivity index (χ3n) is 6.09. The number of alkyl halides is 2. The number of imide groups is 1. The molecule has 2 saturated heterocycles. The van der Waals surface area contributed by atoms with Gasteiger partial charge in [-0.1, -0.05) is 31.9 Å². The van der Waals surface area contributed by atoms with Crippen molar-refractivity contribution in [2.75, 3.05) is 26.3 Å². The average Bonchev–Trinajstić information content (AvgIpc) is 3.19. The van der Waals surface area contributed by atoms with Crippen LogP contribution in [0.2, 0.25) is 0 Å². The lowest BCUT2D eigenvalue weighted by Crippen LogP contribution is -2.52. The summed E-state index contributed by atoms with van der Waals surface area (Å²) in [6.07, 6.45) is 0.901. The van der Waals surface area contributed by atoms with Gasteiger partial charge in [0.15, 0.2) is 0 Å². The molecule has 2 heterocycles. The summed E-state index contributed by atoms with van der Waals surface area (Å²) >= 11 is 7.35. The van der Waals surface area contributed by atoms with Gasteiger partial charge >= 0.3 is 0 Å². The lowest BCUT2D eigenvalue weighted by atomic mass is 9.81. The van der Waals surface area contributed by atoms with Crippen molar-refractivity contribution in [1.29, 1.82) is 0 Å². The molecular formula is C16H20Br2N2O4. The van der Waals surface area contributed by atoms with Gasteiger partial charge < -0.3 is 9.64 Å². The third kappa shape index (κ3) is 2.25. The van der Waals surface area contributed by atoms with E-state index in [1.807, 2.05) is 0 Å². The van der Waals surface area contributed by atoms with Crippen molar-refractivity contribution >= 4 is 49.6 Å². The molecule has 2 bridgehead atoms. The van der Waals surface area contributed by atoms with E-state index in [-0.39, 0.29) is 51.0 Å². The highest BCUT2D eigenvalue weighted by atomic mass is 79.9. The number of likely N-dealkylation sites (tertiary alicyclic amines) is 1. The minimum Gasteiger partial charge on any atom is -0.378 e. The van der Waals surface area contributed by atoms with Crippen LogP contribution < -0.4 is 0 Å². The molecule has 6 nitrogen and oxygen atoms in total.